The van der Waals surface area contributed by atoms with Gasteiger partial charge in [-0.05, 0) is 42.9 Å². The highest BCUT2D eigenvalue weighted by Crippen LogP contribution is 2.26. The zero-order chi connectivity index (χ0) is 16.8. The average molecular weight is 351 g/mol. The third-order valence-electron chi connectivity index (χ3n) is 3.68. The molecular formula is C18H20Cl2N2O. The van der Waals surface area contributed by atoms with Crippen molar-refractivity contribution >= 4 is 34.8 Å². The molecule has 0 fully saturated rings. The van der Waals surface area contributed by atoms with Crippen LogP contribution in [0.2, 0.25) is 10.0 Å². The molecule has 122 valence electrons. The van der Waals surface area contributed by atoms with Crippen LogP contribution in [-0.2, 0) is 6.54 Å². The van der Waals surface area contributed by atoms with E-state index in [9.17, 15) is 4.79 Å². The summed E-state index contributed by atoms with van der Waals surface area (Å²) in [5.41, 5.74) is 2.27. The number of nitrogens with one attached hydrogen (secondary N) is 1. The van der Waals surface area contributed by atoms with Crippen molar-refractivity contribution < 1.29 is 4.79 Å². The molecule has 0 aliphatic carbocycles. The molecule has 0 aromatic heterocycles. The lowest BCUT2D eigenvalue weighted by molar-refractivity contribution is 0.102. The van der Waals surface area contributed by atoms with E-state index in [2.05, 4.69) is 30.1 Å². The fourth-order valence-electron chi connectivity index (χ4n) is 2.33. The molecule has 0 unspecified atom stereocenters. The Kier molecular flexibility index (Phi) is 6.46. The number of halogens is 2. The minimum Gasteiger partial charge on any atom is -0.322 e. The van der Waals surface area contributed by atoms with Crippen LogP contribution in [0.25, 0.3) is 0 Å². The lowest BCUT2D eigenvalue weighted by atomic mass is 10.1. The second kappa shape index (κ2) is 8.34. The molecule has 0 aliphatic heterocycles. The number of hydrogen-bond acceptors (Lipinski definition) is 2. The maximum Gasteiger partial charge on any atom is 0.257 e. The first-order chi connectivity index (χ1) is 11.0. The van der Waals surface area contributed by atoms with Gasteiger partial charge in [0.15, 0.2) is 0 Å². The summed E-state index contributed by atoms with van der Waals surface area (Å²) >= 11 is 12.1. The van der Waals surface area contributed by atoms with Crippen LogP contribution < -0.4 is 5.32 Å². The van der Waals surface area contributed by atoms with Gasteiger partial charge >= 0.3 is 0 Å². The molecule has 0 radical (unpaired) electrons. The van der Waals surface area contributed by atoms with Crippen LogP contribution >= 0.6 is 23.2 Å². The first-order valence-electron chi connectivity index (χ1n) is 7.61. The van der Waals surface area contributed by atoms with E-state index in [1.165, 1.54) is 0 Å². The van der Waals surface area contributed by atoms with E-state index in [0.717, 1.165) is 30.9 Å². The largest absolute Gasteiger partial charge is 0.322 e. The summed E-state index contributed by atoms with van der Waals surface area (Å²) in [6.45, 7) is 7.11. The molecule has 0 atom stereocenters. The van der Waals surface area contributed by atoms with Crippen LogP contribution in [0.4, 0.5) is 5.69 Å². The molecule has 23 heavy (non-hydrogen) atoms. The molecule has 2 rings (SSSR count). The predicted octanol–water partition coefficient (Wildman–Crippen LogP) is 5.09. The fourth-order valence-corrected chi connectivity index (χ4v) is 2.72. The molecule has 0 heterocycles. The first kappa shape index (κ1) is 17.8. The van der Waals surface area contributed by atoms with Crippen molar-refractivity contribution in [2.45, 2.75) is 20.4 Å². The zero-order valence-electron chi connectivity index (χ0n) is 13.3. The Labute approximate surface area is 147 Å². The maximum atomic E-state index is 12.4. The van der Waals surface area contributed by atoms with Gasteiger partial charge in [0.1, 0.15) is 0 Å². The van der Waals surface area contributed by atoms with Crippen molar-refractivity contribution in [2.75, 3.05) is 18.4 Å². The first-order valence-corrected chi connectivity index (χ1v) is 8.37. The summed E-state index contributed by atoms with van der Waals surface area (Å²) < 4.78 is 0. The van der Waals surface area contributed by atoms with Crippen LogP contribution in [0.1, 0.15) is 29.8 Å². The Morgan fingerprint density at radius 1 is 1.09 bits per heavy atom. The van der Waals surface area contributed by atoms with Crippen molar-refractivity contribution in [2.24, 2.45) is 0 Å². The Morgan fingerprint density at radius 3 is 2.48 bits per heavy atom. The number of hydrogen-bond donors (Lipinski definition) is 1. The second-order valence-corrected chi connectivity index (χ2v) is 6.00. The van der Waals surface area contributed by atoms with Crippen molar-refractivity contribution in [3.63, 3.8) is 0 Å². The highest BCUT2D eigenvalue weighted by Gasteiger charge is 2.13. The van der Waals surface area contributed by atoms with Crippen molar-refractivity contribution in [1.82, 2.24) is 4.90 Å². The van der Waals surface area contributed by atoms with Gasteiger partial charge in [0.05, 0.1) is 15.6 Å². The maximum absolute atomic E-state index is 12.4. The van der Waals surface area contributed by atoms with E-state index in [0.29, 0.717) is 10.6 Å². The van der Waals surface area contributed by atoms with Crippen LogP contribution in [0, 0.1) is 0 Å². The topological polar surface area (TPSA) is 32.3 Å². The van der Waals surface area contributed by atoms with Gasteiger partial charge in [-0.3, -0.25) is 9.69 Å². The SMILES string of the molecule is CCN(CC)Cc1cccc(NC(=O)c2cccc(Cl)c2Cl)c1. The molecule has 1 amide bonds. The lowest BCUT2D eigenvalue weighted by Gasteiger charge is -2.18. The van der Waals surface area contributed by atoms with Crippen LogP contribution in [0.3, 0.4) is 0 Å². The molecule has 0 saturated heterocycles. The summed E-state index contributed by atoms with van der Waals surface area (Å²) in [7, 11) is 0. The molecule has 5 heteroatoms. The smallest absolute Gasteiger partial charge is 0.257 e. The minimum absolute atomic E-state index is 0.266. The Morgan fingerprint density at radius 2 is 1.78 bits per heavy atom. The van der Waals surface area contributed by atoms with Gasteiger partial charge in [0, 0.05) is 12.2 Å². The summed E-state index contributed by atoms with van der Waals surface area (Å²) in [5.74, 6) is -0.266. The lowest BCUT2D eigenvalue weighted by Crippen LogP contribution is -2.22. The number of carbonyl (C=O) groups excluding carboxylic acids is 1. The number of nitrogens with zero attached hydrogens (tertiary/aromatic N) is 1. The highest BCUT2D eigenvalue weighted by molar-refractivity contribution is 6.44. The van der Waals surface area contributed by atoms with Gasteiger partial charge in [-0.15, -0.1) is 0 Å². The molecule has 1 N–H and O–H groups in total. The second-order valence-electron chi connectivity index (χ2n) is 5.22. The van der Waals surface area contributed by atoms with Crippen LogP contribution in [0.5, 0.6) is 0 Å². The molecule has 3 nitrogen and oxygen atoms in total. The van der Waals surface area contributed by atoms with E-state index in [4.69, 9.17) is 23.2 Å². The quantitative estimate of drug-likeness (QED) is 0.786. The summed E-state index contributed by atoms with van der Waals surface area (Å²) in [6.07, 6.45) is 0. The van der Waals surface area contributed by atoms with Crippen LogP contribution in [-0.4, -0.2) is 23.9 Å². The highest BCUT2D eigenvalue weighted by atomic mass is 35.5. The third kappa shape index (κ3) is 4.71. The molecule has 0 spiro atoms. The molecule has 0 aliphatic rings. The number of carbonyl (C=O) groups is 1. The van der Waals surface area contributed by atoms with Crippen molar-refractivity contribution in [1.29, 1.82) is 0 Å². The monoisotopic (exact) mass is 350 g/mol. The number of benzene rings is 2. The Bertz CT molecular complexity index is 684. The standard InChI is InChI=1S/C18H20Cl2N2O/c1-3-22(4-2)12-13-7-5-8-14(11-13)21-18(23)15-9-6-10-16(19)17(15)20/h5-11H,3-4,12H2,1-2H3,(H,21,23). The van der Waals surface area contributed by atoms with Crippen LogP contribution in [0.15, 0.2) is 42.5 Å². The van der Waals surface area contributed by atoms with E-state index < -0.39 is 0 Å². The Balaban J connectivity index is 2.14. The van der Waals surface area contributed by atoms with Gasteiger partial charge in [-0.2, -0.15) is 0 Å². The predicted molar refractivity (Wildman–Crippen MR) is 97.5 cm³/mol. The minimum atomic E-state index is -0.266. The third-order valence-corrected chi connectivity index (χ3v) is 4.50. The van der Waals surface area contributed by atoms with E-state index in [1.807, 2.05) is 18.2 Å². The zero-order valence-corrected chi connectivity index (χ0v) is 14.8. The van der Waals surface area contributed by atoms with E-state index in [-0.39, 0.29) is 10.9 Å². The van der Waals surface area contributed by atoms with Gasteiger partial charge in [0.25, 0.3) is 5.91 Å². The Hall–Kier alpha value is -1.55. The van der Waals surface area contributed by atoms with E-state index in [1.54, 1.807) is 18.2 Å². The molecule has 0 saturated carbocycles. The van der Waals surface area contributed by atoms with Gasteiger partial charge in [-0.25, -0.2) is 0 Å². The normalized spacial score (nSPS) is 10.8. The van der Waals surface area contributed by atoms with Gasteiger partial charge in [0.2, 0.25) is 0 Å². The summed E-state index contributed by atoms with van der Waals surface area (Å²) in [6, 6.07) is 12.9. The molecule has 2 aromatic carbocycles. The van der Waals surface area contributed by atoms with Gasteiger partial charge < -0.3 is 5.32 Å². The molecule has 2 aromatic rings. The van der Waals surface area contributed by atoms with Crippen molar-refractivity contribution in [3.05, 3.63) is 63.6 Å². The molecule has 0 bridgehead atoms. The summed E-state index contributed by atoms with van der Waals surface area (Å²) in [4.78, 5) is 14.7. The molecular weight excluding hydrogens is 331 g/mol. The number of rotatable bonds is 6. The van der Waals surface area contributed by atoms with E-state index >= 15 is 0 Å². The number of amides is 1. The van der Waals surface area contributed by atoms with Crippen molar-refractivity contribution in [3.8, 4) is 0 Å². The average Bonchev–Trinajstić information content (AvgIpc) is 2.55. The number of anilines is 1. The fraction of sp³-hybridized carbons (Fsp3) is 0.278. The van der Waals surface area contributed by atoms with Gasteiger partial charge in [-0.1, -0.05) is 55.2 Å². The summed E-state index contributed by atoms with van der Waals surface area (Å²) in [5, 5.41) is 3.51.